The van der Waals surface area contributed by atoms with Crippen LogP contribution in [0.2, 0.25) is 0 Å². The van der Waals surface area contributed by atoms with Crippen LogP contribution in [0.4, 0.5) is 0 Å². The lowest BCUT2D eigenvalue weighted by Crippen LogP contribution is -2.30. The van der Waals surface area contributed by atoms with Crippen molar-refractivity contribution in [2.45, 2.75) is 25.9 Å². The van der Waals surface area contributed by atoms with Crippen LogP contribution in [0.25, 0.3) is 0 Å². The van der Waals surface area contributed by atoms with Crippen molar-refractivity contribution in [1.29, 1.82) is 0 Å². The fourth-order valence-electron chi connectivity index (χ4n) is 2.79. The third-order valence-corrected chi connectivity index (χ3v) is 4.54. The zero-order chi connectivity index (χ0) is 20.4. The largest absolute Gasteiger partial charge is 0.507 e. The highest BCUT2D eigenvalue weighted by molar-refractivity contribution is 5.90. The normalized spacial score (nSPS) is 11.4. The van der Waals surface area contributed by atoms with E-state index in [1.807, 2.05) is 0 Å². The maximum atomic E-state index is 10.3. The quantitative estimate of drug-likeness (QED) is 0.645. The van der Waals surface area contributed by atoms with Gasteiger partial charge in [-0.3, -0.25) is 4.90 Å². The van der Waals surface area contributed by atoms with Crippen molar-refractivity contribution in [3.63, 3.8) is 0 Å². The molecule has 28 heavy (non-hydrogen) atoms. The van der Waals surface area contributed by atoms with Crippen LogP contribution in [0.5, 0.6) is 5.75 Å². The van der Waals surface area contributed by atoms with Crippen molar-refractivity contribution < 1.29 is 15.0 Å². The average molecular weight is 377 g/mol. The number of phenols is 1. The summed E-state index contributed by atoms with van der Waals surface area (Å²) in [6, 6.07) is 27.7. The number of hydrogen-bond acceptors (Lipinski definition) is 3. The highest BCUT2D eigenvalue weighted by Gasteiger charge is 2.10. The molecule has 0 amide bonds. The first kappa shape index (κ1) is 21.2. The van der Waals surface area contributed by atoms with Crippen molar-refractivity contribution in [3.05, 3.63) is 102 Å². The number of rotatable bonds is 6. The third-order valence-electron chi connectivity index (χ3n) is 4.54. The van der Waals surface area contributed by atoms with Gasteiger partial charge in [-0.25, -0.2) is 4.79 Å². The number of carbonyl (C=O) groups is 1. The summed E-state index contributed by atoms with van der Waals surface area (Å²) < 4.78 is 0. The molecule has 4 heteroatoms. The van der Waals surface area contributed by atoms with E-state index in [0.717, 1.165) is 13.0 Å². The van der Waals surface area contributed by atoms with E-state index < -0.39 is 5.97 Å². The van der Waals surface area contributed by atoms with Crippen LogP contribution in [-0.2, 0) is 13.0 Å². The molecule has 0 heterocycles. The molecule has 0 radical (unpaired) electrons. The van der Waals surface area contributed by atoms with E-state index in [0.29, 0.717) is 6.04 Å². The summed E-state index contributed by atoms with van der Waals surface area (Å²) in [5.41, 5.74) is 2.72. The SMILES string of the molecule is C[C@@H](Cc1ccccc1)N(C)Cc1ccccc1.O=C(O)c1ccccc1O. The molecule has 0 aliphatic rings. The molecule has 3 rings (SSSR count). The van der Waals surface area contributed by atoms with Crippen LogP contribution in [0.15, 0.2) is 84.9 Å². The van der Waals surface area contributed by atoms with Crippen molar-refractivity contribution in [3.8, 4) is 5.75 Å². The van der Waals surface area contributed by atoms with Gasteiger partial charge in [-0.1, -0.05) is 72.8 Å². The molecule has 0 aliphatic carbocycles. The molecule has 0 aromatic heterocycles. The third kappa shape index (κ3) is 6.89. The predicted octanol–water partition coefficient (Wildman–Crippen LogP) is 4.84. The number of benzene rings is 3. The van der Waals surface area contributed by atoms with E-state index in [2.05, 4.69) is 79.5 Å². The Labute approximate surface area is 166 Å². The average Bonchev–Trinajstić information content (AvgIpc) is 2.70. The highest BCUT2D eigenvalue weighted by atomic mass is 16.4. The van der Waals surface area contributed by atoms with E-state index >= 15 is 0 Å². The molecule has 0 bridgehead atoms. The molecule has 4 nitrogen and oxygen atoms in total. The van der Waals surface area contributed by atoms with Crippen molar-refractivity contribution in [1.82, 2.24) is 4.90 Å². The van der Waals surface area contributed by atoms with Gasteiger partial charge in [0.05, 0.1) is 0 Å². The van der Waals surface area contributed by atoms with Gasteiger partial charge in [-0.2, -0.15) is 0 Å². The van der Waals surface area contributed by atoms with Crippen molar-refractivity contribution >= 4 is 5.97 Å². The zero-order valence-corrected chi connectivity index (χ0v) is 16.3. The Hall–Kier alpha value is -3.11. The Morgan fingerprint density at radius 1 is 0.857 bits per heavy atom. The lowest BCUT2D eigenvalue weighted by molar-refractivity contribution is 0.0693. The summed E-state index contributed by atoms with van der Waals surface area (Å²) in [4.78, 5) is 12.7. The zero-order valence-electron chi connectivity index (χ0n) is 16.3. The van der Waals surface area contributed by atoms with Gasteiger partial charge in [0.1, 0.15) is 11.3 Å². The van der Waals surface area contributed by atoms with Crippen LogP contribution in [0.1, 0.15) is 28.4 Å². The number of aromatic carboxylic acids is 1. The number of aromatic hydroxyl groups is 1. The van der Waals surface area contributed by atoms with Gasteiger partial charge in [0.25, 0.3) is 0 Å². The summed E-state index contributed by atoms with van der Waals surface area (Å²) in [6.45, 7) is 3.30. The number of likely N-dealkylation sites (N-methyl/N-ethyl adjacent to an activating group) is 1. The molecule has 0 saturated heterocycles. The van der Waals surface area contributed by atoms with E-state index in [4.69, 9.17) is 10.2 Å². The van der Waals surface area contributed by atoms with Gasteiger partial charge in [-0.15, -0.1) is 0 Å². The Balaban J connectivity index is 0.000000237. The molecule has 0 aliphatic heterocycles. The fourth-order valence-corrected chi connectivity index (χ4v) is 2.79. The minimum Gasteiger partial charge on any atom is -0.507 e. The predicted molar refractivity (Wildman–Crippen MR) is 113 cm³/mol. The van der Waals surface area contributed by atoms with Crippen LogP contribution in [0.3, 0.4) is 0 Å². The smallest absolute Gasteiger partial charge is 0.339 e. The summed E-state index contributed by atoms with van der Waals surface area (Å²) in [5.74, 6) is -1.31. The molecule has 0 spiro atoms. The summed E-state index contributed by atoms with van der Waals surface area (Å²) in [5, 5.41) is 17.3. The maximum Gasteiger partial charge on any atom is 0.339 e. The minimum atomic E-state index is -1.11. The summed E-state index contributed by atoms with van der Waals surface area (Å²) >= 11 is 0. The molecular formula is C24H27NO3. The van der Waals surface area contributed by atoms with E-state index in [1.165, 1.54) is 23.3 Å². The molecule has 2 N–H and O–H groups in total. The second-order valence-electron chi connectivity index (χ2n) is 6.76. The lowest BCUT2D eigenvalue weighted by atomic mass is 10.1. The van der Waals surface area contributed by atoms with Crippen LogP contribution in [0, 0.1) is 0 Å². The van der Waals surface area contributed by atoms with Gasteiger partial charge in [0.2, 0.25) is 0 Å². The number of para-hydroxylation sites is 1. The van der Waals surface area contributed by atoms with Crippen LogP contribution in [-0.4, -0.2) is 34.2 Å². The number of carboxylic acids is 1. The fraction of sp³-hybridized carbons (Fsp3) is 0.208. The first-order valence-electron chi connectivity index (χ1n) is 9.26. The Kier molecular flexibility index (Phi) is 8.25. The van der Waals surface area contributed by atoms with Crippen molar-refractivity contribution in [2.75, 3.05) is 7.05 Å². The van der Waals surface area contributed by atoms with Crippen LogP contribution >= 0.6 is 0 Å². The molecule has 0 fully saturated rings. The number of nitrogens with zero attached hydrogens (tertiary/aromatic N) is 1. The topological polar surface area (TPSA) is 60.8 Å². The Morgan fingerprint density at radius 3 is 1.86 bits per heavy atom. The van der Waals surface area contributed by atoms with Crippen molar-refractivity contribution in [2.24, 2.45) is 0 Å². The molecule has 1 atom stereocenters. The first-order chi connectivity index (χ1) is 13.5. The molecule has 0 saturated carbocycles. The molecule has 3 aromatic rings. The second-order valence-corrected chi connectivity index (χ2v) is 6.76. The first-order valence-corrected chi connectivity index (χ1v) is 9.26. The monoisotopic (exact) mass is 377 g/mol. The van der Waals surface area contributed by atoms with Gasteiger partial charge in [0.15, 0.2) is 0 Å². The Bertz CT molecular complexity index is 804. The minimum absolute atomic E-state index is 0.0671. The lowest BCUT2D eigenvalue weighted by Gasteiger charge is -2.24. The molecule has 3 aromatic carbocycles. The Morgan fingerprint density at radius 2 is 1.36 bits per heavy atom. The summed E-state index contributed by atoms with van der Waals surface area (Å²) in [6.07, 6.45) is 1.10. The highest BCUT2D eigenvalue weighted by Crippen LogP contribution is 2.14. The number of hydrogen-bond donors (Lipinski definition) is 2. The van der Waals surface area contributed by atoms with E-state index in [9.17, 15) is 4.79 Å². The van der Waals surface area contributed by atoms with Gasteiger partial charge in [0, 0.05) is 12.6 Å². The molecule has 0 unspecified atom stereocenters. The molecular weight excluding hydrogens is 350 g/mol. The van der Waals surface area contributed by atoms with Gasteiger partial charge >= 0.3 is 5.97 Å². The summed E-state index contributed by atoms with van der Waals surface area (Å²) in [7, 11) is 2.20. The van der Waals surface area contributed by atoms with E-state index in [1.54, 1.807) is 12.1 Å². The maximum absolute atomic E-state index is 10.3. The molecule has 146 valence electrons. The second kappa shape index (κ2) is 10.9. The van der Waals surface area contributed by atoms with Gasteiger partial charge < -0.3 is 10.2 Å². The van der Waals surface area contributed by atoms with Crippen LogP contribution < -0.4 is 0 Å². The van der Waals surface area contributed by atoms with E-state index in [-0.39, 0.29) is 11.3 Å². The standard InChI is InChI=1S/C17H21N.C7H6O3/c1-15(13-16-9-5-3-6-10-16)18(2)14-17-11-7-4-8-12-17;8-6-4-2-1-3-5(6)7(9)10/h3-12,15H,13-14H2,1-2H3;1-4,8H,(H,9,10)/t15-;/m0./s1. The number of carboxylic acid groups (broad SMARTS) is 1. The van der Waals surface area contributed by atoms with Gasteiger partial charge in [-0.05, 0) is 43.7 Å².